The van der Waals surface area contributed by atoms with Crippen molar-refractivity contribution in [1.29, 1.82) is 0 Å². The van der Waals surface area contributed by atoms with E-state index in [1.807, 2.05) is 24.3 Å². The van der Waals surface area contributed by atoms with Crippen LogP contribution in [0.5, 0.6) is 5.75 Å². The van der Waals surface area contributed by atoms with Crippen molar-refractivity contribution in [2.45, 2.75) is 37.5 Å². The molecule has 3 nitrogen and oxygen atoms in total. The van der Waals surface area contributed by atoms with E-state index < -0.39 is 0 Å². The van der Waals surface area contributed by atoms with Gasteiger partial charge in [0, 0.05) is 11.4 Å². The van der Waals surface area contributed by atoms with E-state index in [1.54, 1.807) is 18.2 Å². The predicted octanol–water partition coefficient (Wildman–Crippen LogP) is 5.02. The van der Waals surface area contributed by atoms with E-state index in [4.69, 9.17) is 4.74 Å². The van der Waals surface area contributed by atoms with Gasteiger partial charge < -0.3 is 10.1 Å². The normalized spacial score (nSPS) is 14.4. The van der Waals surface area contributed by atoms with Gasteiger partial charge >= 0.3 is 0 Å². The van der Waals surface area contributed by atoms with E-state index in [2.05, 4.69) is 5.32 Å². The second-order valence-electron chi connectivity index (χ2n) is 6.18. The van der Waals surface area contributed by atoms with Gasteiger partial charge in [0.25, 0.3) is 0 Å². The molecule has 0 radical (unpaired) electrons. The van der Waals surface area contributed by atoms with Crippen molar-refractivity contribution >= 4 is 23.4 Å². The molecule has 0 atom stereocenters. The Morgan fingerprint density at radius 3 is 2.56 bits per heavy atom. The number of benzene rings is 2. The van der Waals surface area contributed by atoms with E-state index in [1.165, 1.54) is 30.7 Å². The highest BCUT2D eigenvalue weighted by Gasteiger charge is 2.16. The Balaban J connectivity index is 1.42. The Kier molecular flexibility index (Phi) is 6.34. The van der Waals surface area contributed by atoms with Crippen LogP contribution in [0, 0.1) is 5.82 Å². The first-order chi connectivity index (χ1) is 12.2. The maximum absolute atomic E-state index is 13.5. The highest BCUT2D eigenvalue weighted by molar-refractivity contribution is 7.99. The lowest BCUT2D eigenvalue weighted by molar-refractivity contribution is -0.113. The van der Waals surface area contributed by atoms with Gasteiger partial charge in [0.05, 0.1) is 11.9 Å². The summed E-state index contributed by atoms with van der Waals surface area (Å²) < 4.78 is 19.4. The molecule has 3 rings (SSSR count). The van der Waals surface area contributed by atoms with Crippen molar-refractivity contribution in [3.63, 3.8) is 0 Å². The van der Waals surface area contributed by atoms with Gasteiger partial charge in [-0.1, -0.05) is 18.2 Å². The van der Waals surface area contributed by atoms with Crippen molar-refractivity contribution in [1.82, 2.24) is 0 Å². The average Bonchev–Trinajstić information content (AvgIpc) is 3.11. The van der Waals surface area contributed by atoms with Crippen LogP contribution in [0.2, 0.25) is 0 Å². The fourth-order valence-electron chi connectivity index (χ4n) is 2.88. The zero-order chi connectivity index (χ0) is 17.5. The van der Waals surface area contributed by atoms with Gasteiger partial charge in [-0.05, 0) is 61.6 Å². The molecule has 1 saturated carbocycles. The maximum atomic E-state index is 13.5. The van der Waals surface area contributed by atoms with Gasteiger partial charge in [-0.25, -0.2) is 4.39 Å². The number of ether oxygens (including phenoxy) is 1. The van der Waals surface area contributed by atoms with Crippen molar-refractivity contribution in [3.05, 3.63) is 59.9 Å². The third-order valence-corrected chi connectivity index (χ3v) is 5.17. The molecule has 1 amide bonds. The molecule has 1 aliphatic rings. The lowest BCUT2D eigenvalue weighted by atomic mass is 10.2. The van der Waals surface area contributed by atoms with E-state index in [9.17, 15) is 9.18 Å². The summed E-state index contributed by atoms with van der Waals surface area (Å²) in [5.74, 6) is 1.29. The Bertz CT molecular complexity index is 699. The van der Waals surface area contributed by atoms with Gasteiger partial charge in [-0.15, -0.1) is 11.8 Å². The minimum Gasteiger partial charge on any atom is -0.490 e. The minimum absolute atomic E-state index is 0.0919. The number of hydrogen-bond acceptors (Lipinski definition) is 3. The quantitative estimate of drug-likeness (QED) is 0.754. The van der Waals surface area contributed by atoms with Crippen LogP contribution >= 0.6 is 11.8 Å². The van der Waals surface area contributed by atoms with Crippen LogP contribution in [0.3, 0.4) is 0 Å². The molecule has 0 spiro atoms. The summed E-state index contributed by atoms with van der Waals surface area (Å²) in [6.45, 7) is 0. The van der Waals surface area contributed by atoms with Crippen LogP contribution < -0.4 is 10.1 Å². The van der Waals surface area contributed by atoms with Crippen molar-refractivity contribution in [2.75, 3.05) is 11.1 Å². The van der Waals surface area contributed by atoms with Gasteiger partial charge in [0.15, 0.2) is 0 Å². The monoisotopic (exact) mass is 359 g/mol. The number of rotatable bonds is 7. The Morgan fingerprint density at radius 2 is 1.84 bits per heavy atom. The van der Waals surface area contributed by atoms with E-state index >= 15 is 0 Å². The molecule has 25 heavy (non-hydrogen) atoms. The molecule has 2 aromatic carbocycles. The molecule has 2 aromatic rings. The topological polar surface area (TPSA) is 38.3 Å². The lowest BCUT2D eigenvalue weighted by Crippen LogP contribution is -2.14. The van der Waals surface area contributed by atoms with Crippen LogP contribution in [-0.2, 0) is 10.5 Å². The first kappa shape index (κ1) is 17.8. The number of carbonyl (C=O) groups excluding carboxylic acids is 1. The zero-order valence-corrected chi connectivity index (χ0v) is 14.9. The lowest BCUT2D eigenvalue weighted by Gasteiger charge is -2.13. The number of nitrogens with one attached hydrogen (secondary N) is 1. The van der Waals surface area contributed by atoms with Gasteiger partial charge in [0.1, 0.15) is 11.6 Å². The molecule has 0 unspecified atom stereocenters. The highest BCUT2D eigenvalue weighted by Crippen LogP contribution is 2.25. The molecule has 0 saturated heterocycles. The Hall–Kier alpha value is -2.01. The number of anilines is 1. The maximum Gasteiger partial charge on any atom is 0.234 e. The molecule has 0 aliphatic heterocycles. The fourth-order valence-corrected chi connectivity index (χ4v) is 3.70. The van der Waals surface area contributed by atoms with Gasteiger partial charge in [-0.3, -0.25) is 4.79 Å². The van der Waals surface area contributed by atoms with Crippen molar-refractivity contribution in [3.8, 4) is 5.75 Å². The second kappa shape index (κ2) is 8.90. The standard InChI is InChI=1S/C20H22FNO2S/c21-19-8-4-1-5-15(19)13-25-14-20(23)22-16-9-11-18(12-10-16)24-17-6-2-3-7-17/h1,4-5,8-12,17H,2-3,6-7,13-14H2,(H,22,23). The SMILES string of the molecule is O=C(CSCc1ccccc1F)Nc1ccc(OC2CCCC2)cc1. The largest absolute Gasteiger partial charge is 0.490 e. The molecule has 0 bridgehead atoms. The number of halogens is 1. The molecular weight excluding hydrogens is 337 g/mol. The summed E-state index contributed by atoms with van der Waals surface area (Å²) in [5.41, 5.74) is 1.36. The van der Waals surface area contributed by atoms with Crippen molar-refractivity contribution < 1.29 is 13.9 Å². The molecule has 5 heteroatoms. The molecule has 132 valence electrons. The fraction of sp³-hybridized carbons (Fsp3) is 0.350. The van der Waals surface area contributed by atoms with E-state index in [0.29, 0.717) is 17.4 Å². The summed E-state index contributed by atoms with van der Waals surface area (Å²) in [5, 5.41) is 2.85. The summed E-state index contributed by atoms with van der Waals surface area (Å²) in [6.07, 6.45) is 5.05. The molecule has 0 aromatic heterocycles. The highest BCUT2D eigenvalue weighted by atomic mass is 32.2. The van der Waals surface area contributed by atoms with Crippen LogP contribution in [0.1, 0.15) is 31.2 Å². The molecule has 1 N–H and O–H groups in total. The molecule has 1 fully saturated rings. The third-order valence-electron chi connectivity index (χ3n) is 4.19. The minimum atomic E-state index is -0.228. The van der Waals surface area contributed by atoms with Gasteiger partial charge in [0.2, 0.25) is 5.91 Å². The Labute approximate surface area is 152 Å². The average molecular weight is 359 g/mol. The molecule has 1 aliphatic carbocycles. The Morgan fingerprint density at radius 1 is 1.12 bits per heavy atom. The smallest absolute Gasteiger partial charge is 0.234 e. The summed E-state index contributed by atoms with van der Waals surface area (Å²) >= 11 is 1.40. The third kappa shape index (κ3) is 5.49. The first-order valence-corrected chi connectivity index (χ1v) is 9.74. The van der Waals surface area contributed by atoms with Crippen LogP contribution in [0.4, 0.5) is 10.1 Å². The number of amides is 1. The number of thioether (sulfide) groups is 1. The van der Waals surface area contributed by atoms with Crippen LogP contribution in [0.15, 0.2) is 48.5 Å². The molecule has 0 heterocycles. The molecular formula is C20H22FNO2S. The number of carbonyl (C=O) groups is 1. The second-order valence-corrected chi connectivity index (χ2v) is 7.17. The zero-order valence-electron chi connectivity index (χ0n) is 14.0. The summed E-state index contributed by atoms with van der Waals surface area (Å²) in [4.78, 5) is 12.0. The van der Waals surface area contributed by atoms with Crippen LogP contribution in [0.25, 0.3) is 0 Å². The summed E-state index contributed by atoms with van der Waals surface area (Å²) in [6, 6.07) is 14.1. The van der Waals surface area contributed by atoms with E-state index in [-0.39, 0.29) is 17.5 Å². The van der Waals surface area contributed by atoms with Crippen LogP contribution in [-0.4, -0.2) is 17.8 Å². The van der Waals surface area contributed by atoms with Gasteiger partial charge in [-0.2, -0.15) is 0 Å². The summed E-state index contributed by atoms with van der Waals surface area (Å²) in [7, 11) is 0. The predicted molar refractivity (Wildman–Crippen MR) is 101 cm³/mol. The van der Waals surface area contributed by atoms with Crippen molar-refractivity contribution in [2.24, 2.45) is 0 Å². The first-order valence-electron chi connectivity index (χ1n) is 8.58. The van der Waals surface area contributed by atoms with E-state index in [0.717, 1.165) is 24.3 Å². The number of hydrogen-bond donors (Lipinski definition) is 1.